The monoisotopic (exact) mass is 317 g/mol. The second-order valence-electron chi connectivity index (χ2n) is 4.10. The van der Waals surface area contributed by atoms with Crippen molar-refractivity contribution in [3.63, 3.8) is 0 Å². The molecule has 0 aliphatic carbocycles. The van der Waals surface area contributed by atoms with E-state index in [1.807, 2.05) is 29.8 Å². The molecular formula is C13H12BrN5. The van der Waals surface area contributed by atoms with Gasteiger partial charge in [0.25, 0.3) is 0 Å². The lowest BCUT2D eigenvalue weighted by atomic mass is 10.2. The Morgan fingerprint density at radius 3 is 2.74 bits per heavy atom. The SMILES string of the molecule is CNc1ncnc2c1nc(Br)n2Cc1ccccc1. The van der Waals surface area contributed by atoms with Crippen molar-refractivity contribution < 1.29 is 0 Å². The summed E-state index contributed by atoms with van der Waals surface area (Å²) in [6.07, 6.45) is 1.55. The minimum Gasteiger partial charge on any atom is -0.371 e. The number of hydrogen-bond acceptors (Lipinski definition) is 4. The number of anilines is 1. The highest BCUT2D eigenvalue weighted by Crippen LogP contribution is 2.23. The molecule has 2 heterocycles. The molecule has 0 spiro atoms. The third kappa shape index (κ3) is 2.19. The standard InChI is InChI=1S/C13H12BrN5/c1-15-11-10-12(17-8-16-11)19(13(14)18-10)7-9-5-3-2-4-6-9/h2-6,8H,7H2,1H3,(H,15,16,17). The molecule has 19 heavy (non-hydrogen) atoms. The Hall–Kier alpha value is -1.95. The fourth-order valence-electron chi connectivity index (χ4n) is 2.00. The van der Waals surface area contributed by atoms with Crippen molar-refractivity contribution in [1.29, 1.82) is 0 Å². The summed E-state index contributed by atoms with van der Waals surface area (Å²) >= 11 is 3.49. The second kappa shape index (κ2) is 4.97. The molecule has 0 saturated carbocycles. The maximum absolute atomic E-state index is 4.47. The number of hydrogen-bond donors (Lipinski definition) is 1. The molecule has 2 aromatic heterocycles. The zero-order valence-corrected chi connectivity index (χ0v) is 11.9. The van der Waals surface area contributed by atoms with Crippen molar-refractivity contribution in [1.82, 2.24) is 19.5 Å². The van der Waals surface area contributed by atoms with Gasteiger partial charge in [0.1, 0.15) is 6.33 Å². The minimum atomic E-state index is 0.720. The zero-order valence-electron chi connectivity index (χ0n) is 10.3. The van der Waals surface area contributed by atoms with Crippen LogP contribution in [0.2, 0.25) is 0 Å². The molecule has 0 atom stereocenters. The first-order valence-electron chi connectivity index (χ1n) is 5.88. The van der Waals surface area contributed by atoms with Crippen molar-refractivity contribution in [2.75, 3.05) is 12.4 Å². The average Bonchev–Trinajstić information content (AvgIpc) is 2.76. The number of imidazole rings is 1. The lowest BCUT2D eigenvalue weighted by Gasteiger charge is -2.05. The molecule has 3 rings (SSSR count). The number of nitrogens with zero attached hydrogens (tertiary/aromatic N) is 4. The quantitative estimate of drug-likeness (QED) is 0.755. The van der Waals surface area contributed by atoms with Crippen molar-refractivity contribution in [2.24, 2.45) is 0 Å². The van der Waals surface area contributed by atoms with Crippen LogP contribution in [-0.4, -0.2) is 26.6 Å². The fourth-order valence-corrected chi connectivity index (χ4v) is 2.47. The molecule has 0 unspecified atom stereocenters. The van der Waals surface area contributed by atoms with E-state index in [-0.39, 0.29) is 0 Å². The highest BCUT2D eigenvalue weighted by Gasteiger charge is 2.13. The molecule has 0 bridgehead atoms. The minimum absolute atomic E-state index is 0.720. The predicted molar refractivity (Wildman–Crippen MR) is 78.1 cm³/mol. The van der Waals surface area contributed by atoms with Gasteiger partial charge in [0.05, 0.1) is 6.54 Å². The van der Waals surface area contributed by atoms with Crippen LogP contribution in [0.5, 0.6) is 0 Å². The smallest absolute Gasteiger partial charge is 0.179 e. The lowest BCUT2D eigenvalue weighted by molar-refractivity contribution is 0.790. The van der Waals surface area contributed by atoms with E-state index < -0.39 is 0 Å². The molecule has 0 fully saturated rings. The van der Waals surface area contributed by atoms with Crippen LogP contribution in [0.1, 0.15) is 5.56 Å². The second-order valence-corrected chi connectivity index (χ2v) is 4.81. The molecule has 6 heteroatoms. The van der Waals surface area contributed by atoms with E-state index in [0.29, 0.717) is 0 Å². The van der Waals surface area contributed by atoms with Crippen LogP contribution in [0.15, 0.2) is 41.4 Å². The summed E-state index contributed by atoms with van der Waals surface area (Å²) in [5, 5.41) is 3.03. The number of aromatic nitrogens is 4. The first kappa shape index (κ1) is 12.1. The van der Waals surface area contributed by atoms with Crippen molar-refractivity contribution in [2.45, 2.75) is 6.54 Å². The summed E-state index contributed by atoms with van der Waals surface area (Å²) in [5.41, 5.74) is 2.79. The molecular weight excluding hydrogens is 306 g/mol. The first-order valence-corrected chi connectivity index (χ1v) is 6.67. The van der Waals surface area contributed by atoms with Gasteiger partial charge in [-0.05, 0) is 21.5 Å². The van der Waals surface area contributed by atoms with Gasteiger partial charge in [-0.3, -0.25) is 4.57 Å². The molecule has 0 aliphatic rings. The van der Waals surface area contributed by atoms with E-state index in [9.17, 15) is 0 Å². The molecule has 0 saturated heterocycles. The Bertz CT molecular complexity index is 708. The van der Waals surface area contributed by atoms with Crippen LogP contribution >= 0.6 is 15.9 Å². The molecule has 0 radical (unpaired) electrons. The summed E-state index contributed by atoms with van der Waals surface area (Å²) < 4.78 is 2.77. The lowest BCUT2D eigenvalue weighted by Crippen LogP contribution is -2.02. The maximum atomic E-state index is 4.47. The Labute approximate surface area is 118 Å². The van der Waals surface area contributed by atoms with Crippen LogP contribution in [0.3, 0.4) is 0 Å². The van der Waals surface area contributed by atoms with Gasteiger partial charge in [-0.2, -0.15) is 0 Å². The Morgan fingerprint density at radius 2 is 2.00 bits per heavy atom. The van der Waals surface area contributed by atoms with E-state index >= 15 is 0 Å². The van der Waals surface area contributed by atoms with E-state index in [4.69, 9.17) is 0 Å². The summed E-state index contributed by atoms with van der Waals surface area (Å²) in [7, 11) is 1.83. The fraction of sp³-hybridized carbons (Fsp3) is 0.154. The van der Waals surface area contributed by atoms with Gasteiger partial charge in [-0.25, -0.2) is 15.0 Å². The molecule has 0 aliphatic heterocycles. The summed E-state index contributed by atoms with van der Waals surface area (Å²) in [5.74, 6) is 0.734. The first-order chi connectivity index (χ1) is 9.29. The highest BCUT2D eigenvalue weighted by molar-refractivity contribution is 9.10. The van der Waals surface area contributed by atoms with Gasteiger partial charge < -0.3 is 5.32 Å². The highest BCUT2D eigenvalue weighted by atomic mass is 79.9. The van der Waals surface area contributed by atoms with Gasteiger partial charge >= 0.3 is 0 Å². The van der Waals surface area contributed by atoms with E-state index in [2.05, 4.69) is 48.3 Å². The Balaban J connectivity index is 2.11. The number of benzene rings is 1. The van der Waals surface area contributed by atoms with Gasteiger partial charge in [-0.15, -0.1) is 0 Å². The Kier molecular flexibility index (Phi) is 3.16. The van der Waals surface area contributed by atoms with Gasteiger partial charge in [0, 0.05) is 7.05 Å². The summed E-state index contributed by atoms with van der Waals surface area (Å²) in [4.78, 5) is 13.0. The van der Waals surface area contributed by atoms with E-state index in [0.717, 1.165) is 28.3 Å². The maximum Gasteiger partial charge on any atom is 0.179 e. The molecule has 1 aromatic carbocycles. The zero-order chi connectivity index (χ0) is 13.2. The van der Waals surface area contributed by atoms with E-state index in [1.54, 1.807) is 6.33 Å². The predicted octanol–water partition coefficient (Wildman–Crippen LogP) is 2.68. The van der Waals surface area contributed by atoms with E-state index in [1.165, 1.54) is 5.56 Å². The van der Waals surface area contributed by atoms with Crippen molar-refractivity contribution >= 4 is 32.9 Å². The number of rotatable bonds is 3. The number of halogens is 1. The largest absolute Gasteiger partial charge is 0.371 e. The molecule has 3 aromatic rings. The normalized spacial score (nSPS) is 10.8. The third-order valence-corrected chi connectivity index (χ3v) is 3.51. The van der Waals surface area contributed by atoms with Crippen LogP contribution < -0.4 is 5.32 Å². The number of fused-ring (bicyclic) bond motifs is 1. The van der Waals surface area contributed by atoms with Gasteiger partial charge in [0.2, 0.25) is 0 Å². The molecule has 0 amide bonds. The van der Waals surface area contributed by atoms with Crippen LogP contribution in [0.4, 0.5) is 5.82 Å². The van der Waals surface area contributed by atoms with Gasteiger partial charge in [0.15, 0.2) is 21.7 Å². The topological polar surface area (TPSA) is 55.6 Å². The summed E-state index contributed by atoms with van der Waals surface area (Å²) in [6.45, 7) is 0.720. The molecule has 1 N–H and O–H groups in total. The molecule has 96 valence electrons. The van der Waals surface area contributed by atoms with Crippen LogP contribution in [0.25, 0.3) is 11.2 Å². The Morgan fingerprint density at radius 1 is 1.21 bits per heavy atom. The van der Waals surface area contributed by atoms with Crippen LogP contribution in [0, 0.1) is 0 Å². The molecule has 5 nitrogen and oxygen atoms in total. The van der Waals surface area contributed by atoms with Gasteiger partial charge in [-0.1, -0.05) is 30.3 Å². The third-order valence-electron chi connectivity index (χ3n) is 2.91. The van der Waals surface area contributed by atoms with Crippen molar-refractivity contribution in [3.8, 4) is 0 Å². The van der Waals surface area contributed by atoms with Crippen LogP contribution in [-0.2, 0) is 6.54 Å². The average molecular weight is 318 g/mol. The van der Waals surface area contributed by atoms with Crippen molar-refractivity contribution in [3.05, 3.63) is 47.0 Å². The summed E-state index contributed by atoms with van der Waals surface area (Å²) in [6, 6.07) is 10.2. The number of nitrogens with one attached hydrogen (secondary N) is 1.